The van der Waals surface area contributed by atoms with E-state index in [1.807, 2.05) is 14.1 Å². The lowest BCUT2D eigenvalue weighted by Gasteiger charge is -2.10. The van der Waals surface area contributed by atoms with Gasteiger partial charge in [0, 0.05) is 20.3 Å². The first-order chi connectivity index (χ1) is 8.00. The number of halogens is 2. The molecule has 0 aliphatic rings. The Morgan fingerprint density at radius 1 is 1.53 bits per heavy atom. The van der Waals surface area contributed by atoms with Crippen LogP contribution >= 0.6 is 23.2 Å². The highest BCUT2D eigenvalue weighted by molar-refractivity contribution is 6.35. The van der Waals surface area contributed by atoms with Crippen LogP contribution in [0.15, 0.2) is 17.3 Å². The number of nitrogens with two attached hydrogens (primary N) is 1. The lowest BCUT2D eigenvalue weighted by atomic mass is 10.5. The Morgan fingerprint density at radius 3 is 2.82 bits per heavy atom. The smallest absolute Gasteiger partial charge is 0.232 e. The number of nitrogens with zero attached hydrogens (tertiary/aromatic N) is 3. The fourth-order valence-corrected chi connectivity index (χ4v) is 1.39. The zero-order valence-corrected chi connectivity index (χ0v) is 11.2. The van der Waals surface area contributed by atoms with E-state index in [4.69, 9.17) is 33.7 Å². The van der Waals surface area contributed by atoms with Crippen LogP contribution in [0.2, 0.25) is 10.0 Å². The van der Waals surface area contributed by atoms with E-state index in [2.05, 4.69) is 9.98 Å². The molecular formula is C10H14Cl2N4O. The molecule has 1 rings (SSSR count). The Bertz CT molecular complexity index is 409. The molecule has 0 aliphatic carbocycles. The molecule has 17 heavy (non-hydrogen) atoms. The van der Waals surface area contributed by atoms with Crippen LogP contribution in [0.25, 0.3) is 0 Å². The lowest BCUT2D eigenvalue weighted by Crippen LogP contribution is -2.30. The molecule has 7 heteroatoms. The summed E-state index contributed by atoms with van der Waals surface area (Å²) < 4.78 is 5.34. The predicted molar refractivity (Wildman–Crippen MR) is 69.9 cm³/mol. The van der Waals surface area contributed by atoms with Crippen LogP contribution in [0.1, 0.15) is 0 Å². The van der Waals surface area contributed by atoms with Crippen LogP contribution < -0.4 is 10.5 Å². The van der Waals surface area contributed by atoms with E-state index in [0.717, 1.165) is 0 Å². The standard InChI is InChI=1S/C10H14Cl2N4O/c1-16(2)10(13)14-3-4-17-9-8(12)5-7(11)6-15-9/h5-6H,3-4H2,1-2H3,(H2,13,14). The topological polar surface area (TPSA) is 63.7 Å². The molecule has 1 aromatic rings. The summed E-state index contributed by atoms with van der Waals surface area (Å²) in [6, 6.07) is 1.57. The number of aromatic nitrogens is 1. The minimum absolute atomic E-state index is 0.342. The van der Waals surface area contributed by atoms with Crippen LogP contribution in [0, 0.1) is 0 Å². The van der Waals surface area contributed by atoms with Crippen LogP contribution in [-0.4, -0.2) is 43.1 Å². The number of hydrogen-bond donors (Lipinski definition) is 1. The summed E-state index contributed by atoms with van der Waals surface area (Å²) in [6.07, 6.45) is 1.47. The Hall–Kier alpha value is -1.20. The molecule has 0 fully saturated rings. The third-order valence-electron chi connectivity index (χ3n) is 1.84. The third-order valence-corrected chi connectivity index (χ3v) is 2.31. The quantitative estimate of drug-likeness (QED) is 0.516. The largest absolute Gasteiger partial charge is 0.475 e. The minimum Gasteiger partial charge on any atom is -0.475 e. The number of guanidine groups is 1. The number of hydrogen-bond acceptors (Lipinski definition) is 3. The van der Waals surface area contributed by atoms with Gasteiger partial charge >= 0.3 is 0 Å². The maximum absolute atomic E-state index is 5.88. The van der Waals surface area contributed by atoms with Gasteiger partial charge in [-0.1, -0.05) is 23.2 Å². The van der Waals surface area contributed by atoms with Gasteiger partial charge in [-0.2, -0.15) is 0 Å². The zero-order chi connectivity index (χ0) is 12.8. The maximum atomic E-state index is 5.88. The molecule has 0 unspecified atom stereocenters. The summed E-state index contributed by atoms with van der Waals surface area (Å²) in [6.45, 7) is 0.785. The minimum atomic E-state index is 0.342. The molecule has 0 saturated carbocycles. The molecule has 94 valence electrons. The summed E-state index contributed by atoms with van der Waals surface area (Å²) >= 11 is 11.6. The molecule has 2 N–H and O–H groups in total. The molecule has 0 spiro atoms. The molecule has 0 aromatic carbocycles. The molecular weight excluding hydrogens is 263 g/mol. The van der Waals surface area contributed by atoms with Crippen LogP contribution in [-0.2, 0) is 0 Å². The number of rotatable bonds is 4. The van der Waals surface area contributed by atoms with Gasteiger partial charge in [-0.3, -0.25) is 0 Å². The molecule has 0 atom stereocenters. The monoisotopic (exact) mass is 276 g/mol. The van der Waals surface area contributed by atoms with Gasteiger partial charge in [0.2, 0.25) is 5.88 Å². The first-order valence-corrected chi connectivity index (χ1v) is 5.67. The van der Waals surface area contributed by atoms with E-state index >= 15 is 0 Å². The van der Waals surface area contributed by atoms with E-state index in [1.165, 1.54) is 6.20 Å². The van der Waals surface area contributed by atoms with E-state index in [9.17, 15) is 0 Å². The van der Waals surface area contributed by atoms with Crippen molar-refractivity contribution in [3.8, 4) is 5.88 Å². The zero-order valence-electron chi connectivity index (χ0n) is 9.65. The van der Waals surface area contributed by atoms with Crippen molar-refractivity contribution < 1.29 is 4.74 Å². The van der Waals surface area contributed by atoms with E-state index in [1.54, 1.807) is 11.0 Å². The van der Waals surface area contributed by atoms with E-state index in [-0.39, 0.29) is 0 Å². The van der Waals surface area contributed by atoms with Gasteiger partial charge in [0.25, 0.3) is 0 Å². The van der Waals surface area contributed by atoms with Gasteiger partial charge in [-0.25, -0.2) is 9.98 Å². The maximum Gasteiger partial charge on any atom is 0.232 e. The first-order valence-electron chi connectivity index (χ1n) is 4.92. The first kappa shape index (κ1) is 13.9. The summed E-state index contributed by atoms with van der Waals surface area (Å²) in [5, 5.41) is 0.847. The average Bonchev–Trinajstić information content (AvgIpc) is 2.26. The highest BCUT2D eigenvalue weighted by Crippen LogP contribution is 2.24. The second-order valence-corrected chi connectivity index (χ2v) is 4.27. The Morgan fingerprint density at radius 2 is 2.24 bits per heavy atom. The summed E-state index contributed by atoms with van der Waals surface area (Å²) in [7, 11) is 3.63. The van der Waals surface area contributed by atoms with Crippen molar-refractivity contribution in [2.75, 3.05) is 27.2 Å². The van der Waals surface area contributed by atoms with Crippen molar-refractivity contribution in [3.63, 3.8) is 0 Å². The third kappa shape index (κ3) is 4.66. The van der Waals surface area contributed by atoms with Crippen molar-refractivity contribution in [2.45, 2.75) is 0 Å². The normalized spacial score (nSPS) is 11.4. The molecule has 5 nitrogen and oxygen atoms in total. The van der Waals surface area contributed by atoms with Crippen molar-refractivity contribution >= 4 is 29.2 Å². The summed E-state index contributed by atoms with van der Waals surface area (Å²) in [5.41, 5.74) is 5.61. The second kappa shape index (κ2) is 6.51. The van der Waals surface area contributed by atoms with Crippen LogP contribution in [0.5, 0.6) is 5.88 Å². The van der Waals surface area contributed by atoms with Crippen molar-refractivity contribution in [1.82, 2.24) is 9.88 Å². The molecule has 0 bridgehead atoms. The van der Waals surface area contributed by atoms with E-state index < -0.39 is 0 Å². The molecule has 0 amide bonds. The lowest BCUT2D eigenvalue weighted by molar-refractivity contribution is 0.315. The van der Waals surface area contributed by atoms with Crippen LogP contribution in [0.3, 0.4) is 0 Å². The van der Waals surface area contributed by atoms with Crippen molar-refractivity contribution in [1.29, 1.82) is 0 Å². The highest BCUT2D eigenvalue weighted by atomic mass is 35.5. The molecule has 0 saturated heterocycles. The summed E-state index contributed by atoms with van der Waals surface area (Å²) in [5.74, 6) is 0.790. The fraction of sp³-hybridized carbons (Fsp3) is 0.400. The predicted octanol–water partition coefficient (Wildman–Crippen LogP) is 1.64. The fourth-order valence-electron chi connectivity index (χ4n) is 0.952. The number of pyridine rings is 1. The van der Waals surface area contributed by atoms with E-state index in [0.29, 0.717) is 35.0 Å². The van der Waals surface area contributed by atoms with Crippen LogP contribution in [0.4, 0.5) is 0 Å². The van der Waals surface area contributed by atoms with Gasteiger partial charge in [-0.05, 0) is 6.07 Å². The van der Waals surface area contributed by atoms with Gasteiger partial charge < -0.3 is 15.4 Å². The average molecular weight is 277 g/mol. The SMILES string of the molecule is CN(C)C(N)=NCCOc1ncc(Cl)cc1Cl. The molecule has 1 aromatic heterocycles. The van der Waals surface area contributed by atoms with Crippen molar-refractivity contribution in [2.24, 2.45) is 10.7 Å². The van der Waals surface area contributed by atoms with Gasteiger partial charge in [0.15, 0.2) is 5.96 Å². The number of ether oxygens (including phenoxy) is 1. The van der Waals surface area contributed by atoms with Crippen molar-refractivity contribution in [3.05, 3.63) is 22.3 Å². The molecule has 1 heterocycles. The summed E-state index contributed by atoms with van der Waals surface area (Å²) in [4.78, 5) is 9.75. The highest BCUT2D eigenvalue weighted by Gasteiger charge is 2.03. The number of aliphatic imine (C=N–C) groups is 1. The molecule has 0 aliphatic heterocycles. The van der Waals surface area contributed by atoms with Gasteiger partial charge in [0.05, 0.1) is 11.6 Å². The Balaban J connectivity index is 2.44. The Kier molecular flexibility index (Phi) is 5.31. The second-order valence-electron chi connectivity index (χ2n) is 3.42. The van der Waals surface area contributed by atoms with Gasteiger partial charge in [-0.15, -0.1) is 0 Å². The molecule has 0 radical (unpaired) electrons. The Labute approximate surface area is 110 Å². The van der Waals surface area contributed by atoms with Gasteiger partial charge in [0.1, 0.15) is 11.6 Å².